The van der Waals surface area contributed by atoms with Gasteiger partial charge in [0.05, 0.1) is 7.11 Å². The van der Waals surface area contributed by atoms with Crippen molar-refractivity contribution in [2.45, 2.75) is 64.3 Å². The third-order valence-corrected chi connectivity index (χ3v) is 4.81. The SMILES string of the molecule is CCCCCCCCC(Cc1cc(OC)ccc1Br)NC. The van der Waals surface area contributed by atoms with Crippen molar-refractivity contribution in [3.63, 3.8) is 0 Å². The molecule has 0 saturated carbocycles. The molecule has 0 radical (unpaired) electrons. The van der Waals surface area contributed by atoms with Crippen molar-refractivity contribution in [2.75, 3.05) is 14.2 Å². The van der Waals surface area contributed by atoms with Gasteiger partial charge in [-0.15, -0.1) is 0 Å². The maximum atomic E-state index is 5.32. The highest BCUT2D eigenvalue weighted by molar-refractivity contribution is 9.10. The number of hydrogen-bond acceptors (Lipinski definition) is 2. The summed E-state index contributed by atoms with van der Waals surface area (Å²) in [5, 5.41) is 3.46. The van der Waals surface area contributed by atoms with Crippen molar-refractivity contribution in [3.8, 4) is 5.75 Å². The molecule has 3 heteroatoms. The quantitative estimate of drug-likeness (QED) is 0.541. The van der Waals surface area contributed by atoms with E-state index < -0.39 is 0 Å². The first kappa shape index (κ1) is 18.5. The van der Waals surface area contributed by atoms with Crippen molar-refractivity contribution in [1.29, 1.82) is 0 Å². The summed E-state index contributed by atoms with van der Waals surface area (Å²) >= 11 is 3.64. The molecule has 0 amide bonds. The second-order valence-electron chi connectivity index (χ2n) is 5.70. The minimum absolute atomic E-state index is 0.541. The number of likely N-dealkylation sites (N-methyl/N-ethyl adjacent to an activating group) is 1. The van der Waals surface area contributed by atoms with Crippen molar-refractivity contribution >= 4 is 15.9 Å². The summed E-state index contributed by atoms with van der Waals surface area (Å²) in [4.78, 5) is 0. The number of hydrogen-bond donors (Lipinski definition) is 1. The minimum atomic E-state index is 0.541. The standard InChI is InChI=1S/C18H30BrNO/c1-4-5-6-7-8-9-10-16(20-2)13-15-14-17(21-3)11-12-18(15)19/h11-12,14,16,20H,4-10,13H2,1-3H3. The van der Waals surface area contributed by atoms with Crippen molar-refractivity contribution in [1.82, 2.24) is 5.32 Å². The lowest BCUT2D eigenvalue weighted by Crippen LogP contribution is -2.27. The Kier molecular flexibility index (Phi) is 9.77. The molecule has 0 bridgehead atoms. The summed E-state index contributed by atoms with van der Waals surface area (Å²) in [6.07, 6.45) is 10.4. The van der Waals surface area contributed by atoms with Gasteiger partial charge in [-0.1, -0.05) is 61.4 Å². The van der Waals surface area contributed by atoms with Crippen molar-refractivity contribution in [3.05, 3.63) is 28.2 Å². The number of nitrogens with one attached hydrogen (secondary N) is 1. The maximum Gasteiger partial charge on any atom is 0.119 e. The van der Waals surface area contributed by atoms with Crippen LogP contribution in [-0.4, -0.2) is 20.2 Å². The second-order valence-corrected chi connectivity index (χ2v) is 6.56. The summed E-state index contributed by atoms with van der Waals surface area (Å²) in [7, 11) is 3.79. The zero-order valence-corrected chi connectivity index (χ0v) is 15.3. The van der Waals surface area contributed by atoms with E-state index in [0.29, 0.717) is 6.04 Å². The van der Waals surface area contributed by atoms with Crippen LogP contribution in [-0.2, 0) is 6.42 Å². The first-order chi connectivity index (χ1) is 10.2. The second kappa shape index (κ2) is 11.1. The molecule has 1 rings (SSSR count). The van der Waals surface area contributed by atoms with Crippen LogP contribution in [0.2, 0.25) is 0 Å². The predicted molar refractivity (Wildman–Crippen MR) is 95.2 cm³/mol. The van der Waals surface area contributed by atoms with Crippen LogP contribution < -0.4 is 10.1 Å². The lowest BCUT2D eigenvalue weighted by atomic mass is 9.99. The fraction of sp³-hybridized carbons (Fsp3) is 0.667. The zero-order valence-electron chi connectivity index (χ0n) is 13.8. The van der Waals surface area contributed by atoms with Crippen LogP contribution in [0, 0.1) is 0 Å². The highest BCUT2D eigenvalue weighted by Gasteiger charge is 2.10. The Morgan fingerprint density at radius 2 is 1.86 bits per heavy atom. The highest BCUT2D eigenvalue weighted by atomic mass is 79.9. The van der Waals surface area contributed by atoms with Gasteiger partial charge in [-0.3, -0.25) is 0 Å². The molecule has 0 aliphatic rings. The predicted octanol–water partition coefficient (Wildman–Crippen LogP) is 5.34. The Bertz CT molecular complexity index is 395. The van der Waals surface area contributed by atoms with E-state index in [1.807, 2.05) is 6.07 Å². The highest BCUT2D eigenvalue weighted by Crippen LogP contribution is 2.24. The van der Waals surface area contributed by atoms with Crippen molar-refractivity contribution in [2.24, 2.45) is 0 Å². The first-order valence-electron chi connectivity index (χ1n) is 8.21. The summed E-state index contributed by atoms with van der Waals surface area (Å²) in [6.45, 7) is 2.27. The third-order valence-electron chi connectivity index (χ3n) is 4.03. The van der Waals surface area contributed by atoms with E-state index in [2.05, 4.69) is 47.4 Å². The first-order valence-corrected chi connectivity index (χ1v) is 9.00. The molecule has 21 heavy (non-hydrogen) atoms. The molecule has 0 saturated heterocycles. The van der Waals surface area contributed by atoms with Gasteiger partial charge in [0.25, 0.3) is 0 Å². The van der Waals surface area contributed by atoms with E-state index in [1.165, 1.54) is 55.0 Å². The van der Waals surface area contributed by atoms with Crippen LogP contribution in [0.5, 0.6) is 5.75 Å². The van der Waals surface area contributed by atoms with E-state index in [4.69, 9.17) is 4.74 Å². The number of methoxy groups -OCH3 is 1. The van der Waals surface area contributed by atoms with Gasteiger partial charge < -0.3 is 10.1 Å². The van der Waals surface area contributed by atoms with E-state index >= 15 is 0 Å². The normalized spacial score (nSPS) is 12.4. The van der Waals surface area contributed by atoms with E-state index in [9.17, 15) is 0 Å². The van der Waals surface area contributed by atoms with Gasteiger partial charge in [0.2, 0.25) is 0 Å². The van der Waals surface area contributed by atoms with Crippen LogP contribution >= 0.6 is 15.9 Å². The van der Waals surface area contributed by atoms with Gasteiger partial charge in [0.15, 0.2) is 0 Å². The molecular weight excluding hydrogens is 326 g/mol. The van der Waals surface area contributed by atoms with Crippen molar-refractivity contribution < 1.29 is 4.74 Å². The zero-order chi connectivity index (χ0) is 15.5. The summed E-state index contributed by atoms with van der Waals surface area (Å²) < 4.78 is 6.49. The molecule has 0 heterocycles. The van der Waals surface area contributed by atoms with Gasteiger partial charge in [0.1, 0.15) is 5.75 Å². The minimum Gasteiger partial charge on any atom is -0.497 e. The van der Waals surface area contributed by atoms with Gasteiger partial charge in [0, 0.05) is 10.5 Å². The largest absolute Gasteiger partial charge is 0.497 e. The molecule has 1 aromatic carbocycles. The average Bonchev–Trinajstić information content (AvgIpc) is 2.51. The van der Waals surface area contributed by atoms with E-state index in [1.54, 1.807) is 7.11 Å². The molecule has 0 spiro atoms. The van der Waals surface area contributed by atoms with Crippen LogP contribution in [0.25, 0.3) is 0 Å². The monoisotopic (exact) mass is 355 g/mol. The molecule has 1 atom stereocenters. The Hall–Kier alpha value is -0.540. The Morgan fingerprint density at radius 3 is 2.52 bits per heavy atom. The number of benzene rings is 1. The Morgan fingerprint density at radius 1 is 1.14 bits per heavy atom. The van der Waals surface area contributed by atoms with Crippen LogP contribution in [0.1, 0.15) is 57.4 Å². The molecule has 1 aromatic rings. The number of rotatable bonds is 11. The molecule has 1 unspecified atom stereocenters. The molecule has 0 aliphatic carbocycles. The Labute approximate surface area is 138 Å². The molecule has 1 N–H and O–H groups in total. The van der Waals surface area contributed by atoms with Gasteiger partial charge in [-0.25, -0.2) is 0 Å². The lowest BCUT2D eigenvalue weighted by molar-refractivity contribution is 0.413. The topological polar surface area (TPSA) is 21.3 Å². The maximum absolute atomic E-state index is 5.32. The average molecular weight is 356 g/mol. The fourth-order valence-electron chi connectivity index (χ4n) is 2.62. The van der Waals surface area contributed by atoms with Crippen LogP contribution in [0.15, 0.2) is 22.7 Å². The van der Waals surface area contributed by atoms with E-state index in [-0.39, 0.29) is 0 Å². The lowest BCUT2D eigenvalue weighted by Gasteiger charge is -2.17. The van der Waals surface area contributed by atoms with E-state index in [0.717, 1.165) is 12.2 Å². The van der Waals surface area contributed by atoms with Gasteiger partial charge >= 0.3 is 0 Å². The third kappa shape index (κ3) is 7.32. The summed E-state index contributed by atoms with van der Waals surface area (Å²) in [5.41, 5.74) is 1.32. The number of ether oxygens (including phenoxy) is 1. The smallest absolute Gasteiger partial charge is 0.119 e. The molecular formula is C18H30BrNO. The fourth-order valence-corrected chi connectivity index (χ4v) is 3.03. The number of unbranched alkanes of at least 4 members (excludes halogenated alkanes) is 5. The van der Waals surface area contributed by atoms with Gasteiger partial charge in [-0.2, -0.15) is 0 Å². The molecule has 0 aromatic heterocycles. The number of halogens is 1. The summed E-state index contributed by atoms with van der Waals surface area (Å²) in [6, 6.07) is 6.75. The Balaban J connectivity index is 2.39. The van der Waals surface area contributed by atoms with Gasteiger partial charge in [-0.05, 0) is 43.7 Å². The molecule has 120 valence electrons. The summed E-state index contributed by atoms with van der Waals surface area (Å²) in [5.74, 6) is 0.933. The molecule has 2 nitrogen and oxygen atoms in total. The van der Waals surface area contributed by atoms with Crippen LogP contribution in [0.3, 0.4) is 0 Å². The molecule has 0 aliphatic heterocycles. The van der Waals surface area contributed by atoms with Crippen LogP contribution in [0.4, 0.5) is 0 Å². The molecule has 0 fully saturated rings.